The van der Waals surface area contributed by atoms with Crippen molar-refractivity contribution in [1.29, 1.82) is 0 Å². The van der Waals surface area contributed by atoms with Crippen LogP contribution in [0.1, 0.15) is 49.5 Å². The van der Waals surface area contributed by atoms with E-state index in [1.807, 2.05) is 13.1 Å². The van der Waals surface area contributed by atoms with Gasteiger partial charge in [0.25, 0.3) is 5.24 Å². The topological polar surface area (TPSA) is 55.8 Å². The Morgan fingerprint density at radius 2 is 1.88 bits per heavy atom. The highest BCUT2D eigenvalue weighted by Gasteiger charge is 2.39. The Kier molecular flexibility index (Phi) is 7.32. The van der Waals surface area contributed by atoms with Crippen molar-refractivity contribution < 1.29 is 19.1 Å². The third-order valence-corrected chi connectivity index (χ3v) is 8.35. The third-order valence-electron chi connectivity index (χ3n) is 4.65. The molecule has 1 aromatic carbocycles. The van der Waals surface area contributed by atoms with Crippen LogP contribution in [0.15, 0.2) is 12.1 Å². The number of ether oxygens (including phenoxy) is 2. The standard InChI is InChI=1S/C18H29ClO4Si/c1-7-8-9-23-16-11-13(17(19)20)10-15(22-4)14(16)12-18(2,3)24(5,6)21/h10-11,21H,7-9,12H2,1-6H3. The van der Waals surface area contributed by atoms with E-state index in [1.165, 1.54) is 0 Å². The zero-order valence-corrected chi connectivity index (χ0v) is 17.3. The lowest BCUT2D eigenvalue weighted by Gasteiger charge is -2.36. The average Bonchev–Trinajstić information content (AvgIpc) is 2.47. The first-order chi connectivity index (χ1) is 11.0. The first kappa shape index (κ1) is 21.0. The molecule has 24 heavy (non-hydrogen) atoms. The lowest BCUT2D eigenvalue weighted by Crippen LogP contribution is -2.40. The van der Waals surface area contributed by atoms with Crippen molar-refractivity contribution in [1.82, 2.24) is 0 Å². The smallest absolute Gasteiger partial charge is 0.252 e. The Labute approximate surface area is 151 Å². The average molecular weight is 373 g/mol. The normalized spacial score (nSPS) is 12.2. The van der Waals surface area contributed by atoms with Gasteiger partial charge in [0.05, 0.1) is 13.7 Å². The van der Waals surface area contributed by atoms with E-state index in [0.717, 1.165) is 18.4 Å². The van der Waals surface area contributed by atoms with Crippen molar-refractivity contribution in [2.45, 2.75) is 58.2 Å². The predicted molar refractivity (Wildman–Crippen MR) is 101 cm³/mol. The van der Waals surface area contributed by atoms with Crippen molar-refractivity contribution in [2.24, 2.45) is 0 Å². The summed E-state index contributed by atoms with van der Waals surface area (Å²) in [5, 5.41) is -0.827. The molecule has 1 aromatic rings. The van der Waals surface area contributed by atoms with Crippen LogP contribution in [0.3, 0.4) is 0 Å². The van der Waals surface area contributed by atoms with E-state index < -0.39 is 13.6 Å². The second-order valence-electron chi connectivity index (χ2n) is 7.25. The lowest BCUT2D eigenvalue weighted by molar-refractivity contribution is 0.108. The molecule has 0 bridgehead atoms. The molecule has 0 aliphatic carbocycles. The maximum atomic E-state index is 11.6. The van der Waals surface area contributed by atoms with Crippen LogP contribution < -0.4 is 9.47 Å². The van der Waals surface area contributed by atoms with Crippen molar-refractivity contribution in [2.75, 3.05) is 13.7 Å². The second kappa shape index (κ2) is 8.36. The summed E-state index contributed by atoms with van der Waals surface area (Å²) in [4.78, 5) is 22.2. The number of hydrogen-bond acceptors (Lipinski definition) is 4. The third kappa shape index (κ3) is 5.23. The van der Waals surface area contributed by atoms with E-state index in [1.54, 1.807) is 19.2 Å². The molecular weight excluding hydrogens is 344 g/mol. The molecule has 0 unspecified atom stereocenters. The summed E-state index contributed by atoms with van der Waals surface area (Å²) in [6, 6.07) is 3.31. The van der Waals surface area contributed by atoms with Crippen molar-refractivity contribution >= 4 is 25.2 Å². The van der Waals surface area contributed by atoms with Gasteiger partial charge in [0.15, 0.2) is 8.32 Å². The minimum Gasteiger partial charge on any atom is -0.496 e. The second-order valence-corrected chi connectivity index (χ2v) is 12.1. The van der Waals surface area contributed by atoms with Crippen LogP contribution in [-0.2, 0) is 6.42 Å². The number of hydrogen-bond donors (Lipinski definition) is 1. The molecule has 0 radical (unpaired) electrons. The summed E-state index contributed by atoms with van der Waals surface area (Å²) in [6.45, 7) is 10.6. The molecule has 0 aliphatic rings. The monoisotopic (exact) mass is 372 g/mol. The molecular formula is C18H29ClO4Si. The van der Waals surface area contributed by atoms with Gasteiger partial charge in [-0.25, -0.2) is 0 Å². The Bertz CT molecular complexity index is 579. The van der Waals surface area contributed by atoms with Crippen LogP contribution in [0.25, 0.3) is 0 Å². The fraction of sp³-hybridized carbons (Fsp3) is 0.611. The van der Waals surface area contributed by atoms with Crippen LogP contribution in [0.4, 0.5) is 0 Å². The number of carbonyl (C=O) groups is 1. The Balaban J connectivity index is 3.35. The molecule has 1 N–H and O–H groups in total. The highest BCUT2D eigenvalue weighted by molar-refractivity contribution is 6.72. The minimum absolute atomic E-state index is 0.282. The van der Waals surface area contributed by atoms with Gasteiger partial charge >= 0.3 is 0 Å². The number of unbranched alkanes of at least 4 members (excludes halogenated alkanes) is 1. The van der Waals surface area contributed by atoms with Gasteiger partial charge in [-0.15, -0.1) is 0 Å². The number of methoxy groups -OCH3 is 1. The van der Waals surface area contributed by atoms with Gasteiger partial charge in [-0.05, 0) is 54.7 Å². The molecule has 1 rings (SSSR count). The van der Waals surface area contributed by atoms with Crippen LogP contribution in [0.2, 0.25) is 18.1 Å². The van der Waals surface area contributed by atoms with Crippen molar-refractivity contribution in [3.63, 3.8) is 0 Å². The van der Waals surface area contributed by atoms with Gasteiger partial charge in [-0.2, -0.15) is 0 Å². The fourth-order valence-electron chi connectivity index (χ4n) is 2.20. The van der Waals surface area contributed by atoms with E-state index in [0.29, 0.717) is 30.1 Å². The maximum absolute atomic E-state index is 11.6. The molecule has 0 heterocycles. The van der Waals surface area contributed by atoms with Crippen LogP contribution in [0, 0.1) is 0 Å². The summed E-state index contributed by atoms with van der Waals surface area (Å²) in [7, 11) is -0.843. The summed E-state index contributed by atoms with van der Waals surface area (Å²) in [5.74, 6) is 1.18. The number of benzene rings is 1. The predicted octanol–water partition coefficient (Wildman–Crippen LogP) is 4.77. The molecule has 0 fully saturated rings. The molecule has 6 heteroatoms. The minimum atomic E-state index is -2.40. The molecule has 0 saturated heterocycles. The molecule has 0 spiro atoms. The van der Waals surface area contributed by atoms with Crippen molar-refractivity contribution in [3.05, 3.63) is 23.3 Å². The Morgan fingerprint density at radius 3 is 2.33 bits per heavy atom. The summed E-state index contributed by atoms with van der Waals surface area (Å²) in [6.07, 6.45) is 2.54. The van der Waals surface area contributed by atoms with Crippen molar-refractivity contribution in [3.8, 4) is 11.5 Å². The molecule has 4 nitrogen and oxygen atoms in total. The lowest BCUT2D eigenvalue weighted by atomic mass is 9.98. The zero-order chi connectivity index (χ0) is 18.5. The van der Waals surface area contributed by atoms with Gasteiger partial charge in [0.2, 0.25) is 0 Å². The number of rotatable bonds is 9. The van der Waals surface area contributed by atoms with Gasteiger partial charge in [-0.3, -0.25) is 4.79 Å². The summed E-state index contributed by atoms with van der Waals surface area (Å²) in [5.41, 5.74) is 1.22. The van der Waals surface area contributed by atoms with Gasteiger partial charge < -0.3 is 14.3 Å². The molecule has 0 saturated carbocycles. The molecule has 0 aromatic heterocycles. The zero-order valence-electron chi connectivity index (χ0n) is 15.5. The van der Waals surface area contributed by atoms with Gasteiger partial charge in [0.1, 0.15) is 11.5 Å². The van der Waals surface area contributed by atoms with Crippen LogP contribution in [0.5, 0.6) is 11.5 Å². The molecule has 136 valence electrons. The molecule has 0 aliphatic heterocycles. The molecule has 0 amide bonds. The van der Waals surface area contributed by atoms with E-state index in [-0.39, 0.29) is 5.04 Å². The van der Waals surface area contributed by atoms with E-state index in [2.05, 4.69) is 20.8 Å². The van der Waals surface area contributed by atoms with E-state index in [4.69, 9.17) is 21.1 Å². The van der Waals surface area contributed by atoms with E-state index in [9.17, 15) is 9.59 Å². The number of carbonyl (C=O) groups excluding carboxylic acids is 1. The Hall–Kier alpha value is -1.04. The highest BCUT2D eigenvalue weighted by atomic mass is 35.5. The SMILES string of the molecule is CCCCOc1cc(C(=O)Cl)cc(OC)c1CC(C)(C)[Si](C)(C)O. The first-order valence-corrected chi connectivity index (χ1v) is 11.6. The largest absolute Gasteiger partial charge is 0.496 e. The van der Waals surface area contributed by atoms with Crippen LogP contribution in [-0.4, -0.2) is 32.1 Å². The number of halogens is 1. The van der Waals surface area contributed by atoms with Crippen LogP contribution >= 0.6 is 11.6 Å². The molecule has 0 atom stereocenters. The highest BCUT2D eigenvalue weighted by Crippen LogP contribution is 2.44. The summed E-state index contributed by atoms with van der Waals surface area (Å²) < 4.78 is 11.4. The van der Waals surface area contributed by atoms with Gasteiger partial charge in [0, 0.05) is 11.1 Å². The van der Waals surface area contributed by atoms with Gasteiger partial charge in [-0.1, -0.05) is 27.2 Å². The van der Waals surface area contributed by atoms with E-state index >= 15 is 0 Å². The fourth-order valence-corrected chi connectivity index (χ4v) is 2.92. The summed E-state index contributed by atoms with van der Waals surface area (Å²) >= 11 is 5.64. The first-order valence-electron chi connectivity index (χ1n) is 8.29. The maximum Gasteiger partial charge on any atom is 0.252 e. The Morgan fingerprint density at radius 1 is 1.29 bits per heavy atom. The quantitative estimate of drug-likeness (QED) is 0.385.